The summed E-state index contributed by atoms with van der Waals surface area (Å²) in [6, 6.07) is 0. The molecule has 0 aliphatic carbocycles. The van der Waals surface area contributed by atoms with Gasteiger partial charge in [-0.15, -0.1) is 0 Å². The molecule has 120 valence electrons. The van der Waals surface area contributed by atoms with Crippen LogP contribution >= 0.6 is 0 Å². The summed E-state index contributed by atoms with van der Waals surface area (Å²) in [5, 5.41) is 3.97. The normalized spacial score (nSPS) is 17.8. The van der Waals surface area contributed by atoms with Crippen molar-refractivity contribution in [2.24, 2.45) is 0 Å². The fraction of sp³-hybridized carbons (Fsp3) is 0.667. The zero-order valence-corrected chi connectivity index (χ0v) is 13.5. The molecule has 1 aliphatic rings. The fourth-order valence-corrected chi connectivity index (χ4v) is 2.74. The maximum atomic E-state index is 5.68. The van der Waals surface area contributed by atoms with Crippen molar-refractivity contribution in [2.45, 2.75) is 40.3 Å². The number of hydrogen-bond donors (Lipinski definition) is 0. The summed E-state index contributed by atoms with van der Waals surface area (Å²) in [5.74, 6) is 3.13. The molecular formula is C15H23N5O2. The molecule has 2 aromatic rings. The second-order valence-corrected chi connectivity index (χ2v) is 5.88. The van der Waals surface area contributed by atoms with Crippen LogP contribution < -0.4 is 0 Å². The highest BCUT2D eigenvalue weighted by molar-refractivity contribution is 5.05. The Labute approximate surface area is 130 Å². The molecular weight excluding hydrogens is 282 g/mol. The number of aryl methyl sites for hydroxylation is 3. The van der Waals surface area contributed by atoms with Crippen LogP contribution in [0, 0.1) is 20.8 Å². The van der Waals surface area contributed by atoms with Gasteiger partial charge in [0.25, 0.3) is 0 Å². The summed E-state index contributed by atoms with van der Waals surface area (Å²) < 4.78 is 10.7. The van der Waals surface area contributed by atoms with Gasteiger partial charge in [0.05, 0.1) is 18.8 Å². The molecule has 22 heavy (non-hydrogen) atoms. The first-order valence-corrected chi connectivity index (χ1v) is 7.77. The van der Waals surface area contributed by atoms with E-state index in [0.29, 0.717) is 5.89 Å². The Morgan fingerprint density at radius 2 is 1.68 bits per heavy atom. The van der Waals surface area contributed by atoms with Crippen molar-refractivity contribution >= 4 is 0 Å². The summed E-state index contributed by atoms with van der Waals surface area (Å²) >= 11 is 0. The van der Waals surface area contributed by atoms with E-state index in [-0.39, 0.29) is 0 Å². The van der Waals surface area contributed by atoms with Crippen LogP contribution in [0.25, 0.3) is 0 Å². The second-order valence-electron chi connectivity index (χ2n) is 5.88. The van der Waals surface area contributed by atoms with E-state index in [0.717, 1.165) is 68.9 Å². The molecule has 0 aromatic carbocycles. The molecule has 0 amide bonds. The Morgan fingerprint density at radius 1 is 0.955 bits per heavy atom. The Hall–Kier alpha value is -1.73. The van der Waals surface area contributed by atoms with Crippen LogP contribution in [0.5, 0.6) is 0 Å². The average molecular weight is 305 g/mol. The first-order chi connectivity index (χ1) is 10.6. The molecule has 7 heteroatoms. The minimum Gasteiger partial charge on any atom is -0.444 e. The van der Waals surface area contributed by atoms with E-state index < -0.39 is 0 Å². The quantitative estimate of drug-likeness (QED) is 0.851. The first-order valence-electron chi connectivity index (χ1n) is 7.77. The predicted octanol–water partition coefficient (Wildman–Crippen LogP) is 1.69. The molecule has 3 heterocycles. The lowest BCUT2D eigenvalue weighted by atomic mass is 10.3. The second kappa shape index (κ2) is 6.58. The minimum atomic E-state index is 0.626. The Bertz CT molecular complexity index is 602. The topological polar surface area (TPSA) is 71.4 Å². The highest BCUT2D eigenvalue weighted by atomic mass is 16.5. The van der Waals surface area contributed by atoms with E-state index >= 15 is 0 Å². The van der Waals surface area contributed by atoms with E-state index in [4.69, 9.17) is 8.94 Å². The Morgan fingerprint density at radius 3 is 2.27 bits per heavy atom. The van der Waals surface area contributed by atoms with E-state index in [1.54, 1.807) is 0 Å². The van der Waals surface area contributed by atoms with Gasteiger partial charge in [-0.1, -0.05) is 5.16 Å². The Kier molecular flexibility index (Phi) is 4.54. The van der Waals surface area contributed by atoms with Gasteiger partial charge < -0.3 is 8.94 Å². The van der Waals surface area contributed by atoms with Crippen molar-refractivity contribution in [1.29, 1.82) is 0 Å². The summed E-state index contributed by atoms with van der Waals surface area (Å²) in [7, 11) is 0. The highest BCUT2D eigenvalue weighted by Crippen LogP contribution is 2.13. The summed E-state index contributed by atoms with van der Waals surface area (Å²) in [6.45, 7) is 11.4. The van der Waals surface area contributed by atoms with Gasteiger partial charge in [-0.2, -0.15) is 4.98 Å². The average Bonchev–Trinajstić information content (AvgIpc) is 2.92. The molecule has 0 saturated carbocycles. The molecule has 1 aliphatic heterocycles. The summed E-state index contributed by atoms with van der Waals surface area (Å²) in [6.07, 6.45) is 1.12. The third-order valence-electron chi connectivity index (χ3n) is 4.05. The first kappa shape index (κ1) is 15.2. The Balaban J connectivity index is 1.53. The molecule has 1 saturated heterocycles. The van der Waals surface area contributed by atoms with Gasteiger partial charge in [-0.25, -0.2) is 4.98 Å². The number of hydrogen-bond acceptors (Lipinski definition) is 7. The van der Waals surface area contributed by atoms with Crippen LogP contribution in [0.3, 0.4) is 0 Å². The van der Waals surface area contributed by atoms with Crippen molar-refractivity contribution in [3.63, 3.8) is 0 Å². The standard InChI is InChI=1S/C15H23N5O2/c1-11-12(2)21-15(16-11)10-20-6-4-5-19(7-8-20)9-14-17-13(3)22-18-14/h4-10H2,1-3H3. The van der Waals surface area contributed by atoms with Crippen molar-refractivity contribution in [3.05, 3.63) is 29.1 Å². The lowest BCUT2D eigenvalue weighted by Crippen LogP contribution is -2.30. The number of oxazole rings is 1. The third kappa shape index (κ3) is 3.72. The number of aromatic nitrogens is 3. The fourth-order valence-electron chi connectivity index (χ4n) is 2.74. The van der Waals surface area contributed by atoms with Crippen molar-refractivity contribution in [1.82, 2.24) is 24.9 Å². The zero-order chi connectivity index (χ0) is 15.5. The molecule has 1 fully saturated rings. The van der Waals surface area contributed by atoms with E-state index in [9.17, 15) is 0 Å². The summed E-state index contributed by atoms with van der Waals surface area (Å²) in [4.78, 5) is 13.5. The predicted molar refractivity (Wildman–Crippen MR) is 80.2 cm³/mol. The largest absolute Gasteiger partial charge is 0.444 e. The van der Waals surface area contributed by atoms with Crippen LogP contribution in [0.2, 0.25) is 0 Å². The van der Waals surface area contributed by atoms with Crippen molar-refractivity contribution in [2.75, 3.05) is 26.2 Å². The molecule has 0 N–H and O–H groups in total. The monoisotopic (exact) mass is 305 g/mol. The van der Waals surface area contributed by atoms with E-state index in [1.807, 2.05) is 20.8 Å². The molecule has 7 nitrogen and oxygen atoms in total. The lowest BCUT2D eigenvalue weighted by molar-refractivity contribution is 0.227. The molecule has 2 aromatic heterocycles. The van der Waals surface area contributed by atoms with Crippen LogP contribution in [-0.2, 0) is 13.1 Å². The van der Waals surface area contributed by atoms with Crippen molar-refractivity contribution < 1.29 is 8.94 Å². The van der Waals surface area contributed by atoms with Gasteiger partial charge in [-0.05, 0) is 33.4 Å². The molecule has 0 radical (unpaired) electrons. The summed E-state index contributed by atoms with van der Waals surface area (Å²) in [5.41, 5.74) is 0.985. The van der Waals surface area contributed by atoms with E-state index in [1.165, 1.54) is 0 Å². The molecule has 0 bridgehead atoms. The van der Waals surface area contributed by atoms with Gasteiger partial charge in [0, 0.05) is 20.0 Å². The van der Waals surface area contributed by atoms with Gasteiger partial charge in [0.2, 0.25) is 11.8 Å². The van der Waals surface area contributed by atoms with Crippen LogP contribution in [-0.4, -0.2) is 51.1 Å². The van der Waals surface area contributed by atoms with Gasteiger partial charge in [0.15, 0.2) is 5.82 Å². The third-order valence-corrected chi connectivity index (χ3v) is 4.05. The highest BCUT2D eigenvalue weighted by Gasteiger charge is 2.18. The smallest absolute Gasteiger partial charge is 0.223 e. The zero-order valence-electron chi connectivity index (χ0n) is 13.5. The van der Waals surface area contributed by atoms with Gasteiger partial charge in [-0.3, -0.25) is 9.80 Å². The molecule has 0 unspecified atom stereocenters. The minimum absolute atomic E-state index is 0.626. The van der Waals surface area contributed by atoms with Gasteiger partial charge in [0.1, 0.15) is 5.76 Å². The molecule has 3 rings (SSSR count). The van der Waals surface area contributed by atoms with Crippen LogP contribution in [0.15, 0.2) is 8.94 Å². The van der Waals surface area contributed by atoms with E-state index in [2.05, 4.69) is 24.9 Å². The number of rotatable bonds is 4. The SMILES string of the molecule is Cc1nc(CN2CCCN(Cc3nc(C)c(C)o3)CC2)no1. The number of nitrogens with zero attached hydrogens (tertiary/aromatic N) is 5. The maximum absolute atomic E-state index is 5.68. The van der Waals surface area contributed by atoms with Gasteiger partial charge >= 0.3 is 0 Å². The maximum Gasteiger partial charge on any atom is 0.223 e. The van der Waals surface area contributed by atoms with Crippen LogP contribution in [0.4, 0.5) is 0 Å². The van der Waals surface area contributed by atoms with Crippen molar-refractivity contribution in [3.8, 4) is 0 Å². The van der Waals surface area contributed by atoms with Crippen LogP contribution in [0.1, 0.15) is 35.5 Å². The lowest BCUT2D eigenvalue weighted by Gasteiger charge is -2.19. The molecule has 0 atom stereocenters. The molecule has 0 spiro atoms.